The Morgan fingerprint density at radius 1 is 1.17 bits per heavy atom. The van der Waals surface area contributed by atoms with Gasteiger partial charge in [0.15, 0.2) is 0 Å². The second-order valence-electron chi connectivity index (χ2n) is 6.53. The molecule has 0 aliphatic carbocycles. The van der Waals surface area contributed by atoms with Gasteiger partial charge in [-0.05, 0) is 42.3 Å². The Morgan fingerprint density at radius 3 is 2.67 bits per heavy atom. The fraction of sp³-hybridized carbons (Fsp3) is 0.217. The average molecular weight is 425 g/mol. The van der Waals surface area contributed by atoms with Gasteiger partial charge >= 0.3 is 0 Å². The van der Waals surface area contributed by atoms with Gasteiger partial charge in [-0.1, -0.05) is 37.6 Å². The van der Waals surface area contributed by atoms with Crippen LogP contribution in [-0.2, 0) is 4.79 Å². The standard InChI is InChI=1S/C23H24N2O4S/c1-3-4-13-29-17-11-9-16(10-12-17)14-20-23(27)25-22(30-20)15-21(26)24-18-7-5-6-8-19(18)28-2/h5-12,14-15H,3-4,13H2,1-2H3,(H,24,26)(H,25,27)/b20-14+,22-15-. The van der Waals surface area contributed by atoms with Crippen LogP contribution in [0.5, 0.6) is 11.5 Å². The highest BCUT2D eigenvalue weighted by Crippen LogP contribution is 2.22. The molecule has 0 unspecified atom stereocenters. The van der Waals surface area contributed by atoms with Crippen LogP contribution in [0.2, 0.25) is 0 Å². The third kappa shape index (κ3) is 5.84. The van der Waals surface area contributed by atoms with Crippen LogP contribution in [0, 0.1) is 0 Å². The first-order valence-corrected chi connectivity index (χ1v) is 10.5. The molecule has 6 nitrogen and oxygen atoms in total. The number of thiazole rings is 1. The van der Waals surface area contributed by atoms with Crippen LogP contribution in [0.1, 0.15) is 25.3 Å². The maximum Gasteiger partial charge on any atom is 0.266 e. The SMILES string of the molecule is CCCCOc1ccc(/C=c2/s/c(=C\C(=O)Nc3ccccc3OC)[nH]c2=O)cc1. The number of rotatable bonds is 8. The molecule has 30 heavy (non-hydrogen) atoms. The molecule has 7 heteroatoms. The Morgan fingerprint density at radius 2 is 1.93 bits per heavy atom. The number of aromatic amines is 1. The normalized spacial score (nSPS) is 12.1. The molecule has 0 saturated heterocycles. The zero-order valence-corrected chi connectivity index (χ0v) is 17.8. The first kappa shape index (κ1) is 21.4. The van der Waals surface area contributed by atoms with Gasteiger partial charge in [-0.2, -0.15) is 0 Å². The fourth-order valence-electron chi connectivity index (χ4n) is 2.71. The van der Waals surface area contributed by atoms with Crippen molar-refractivity contribution in [3.63, 3.8) is 0 Å². The molecule has 0 radical (unpaired) electrons. The highest BCUT2D eigenvalue weighted by Gasteiger charge is 2.05. The van der Waals surface area contributed by atoms with Crippen LogP contribution in [0.15, 0.2) is 53.3 Å². The van der Waals surface area contributed by atoms with E-state index in [1.807, 2.05) is 30.3 Å². The van der Waals surface area contributed by atoms with Gasteiger partial charge in [0.1, 0.15) is 16.2 Å². The maximum absolute atomic E-state index is 12.3. The van der Waals surface area contributed by atoms with Crippen LogP contribution in [0.4, 0.5) is 5.69 Å². The second-order valence-corrected chi connectivity index (χ2v) is 7.62. The molecule has 156 valence electrons. The van der Waals surface area contributed by atoms with Crippen molar-refractivity contribution in [1.29, 1.82) is 0 Å². The number of nitrogens with one attached hydrogen (secondary N) is 2. The molecule has 1 aromatic heterocycles. The summed E-state index contributed by atoms with van der Waals surface area (Å²) in [6.07, 6.45) is 5.25. The monoisotopic (exact) mass is 424 g/mol. The number of amides is 1. The van der Waals surface area contributed by atoms with Gasteiger partial charge in [0.2, 0.25) is 0 Å². The summed E-state index contributed by atoms with van der Waals surface area (Å²) in [5.41, 5.74) is 1.21. The van der Waals surface area contributed by atoms with E-state index < -0.39 is 0 Å². The lowest BCUT2D eigenvalue weighted by atomic mass is 10.2. The molecule has 0 saturated carbocycles. The van der Waals surface area contributed by atoms with Gasteiger partial charge in [-0.3, -0.25) is 9.59 Å². The topological polar surface area (TPSA) is 80.4 Å². The highest BCUT2D eigenvalue weighted by atomic mass is 32.1. The molecule has 0 atom stereocenters. The largest absolute Gasteiger partial charge is 0.495 e. The van der Waals surface area contributed by atoms with Crippen LogP contribution < -0.4 is 29.5 Å². The summed E-state index contributed by atoms with van der Waals surface area (Å²) in [4.78, 5) is 27.3. The number of methoxy groups -OCH3 is 1. The molecule has 0 spiro atoms. The summed E-state index contributed by atoms with van der Waals surface area (Å²) < 4.78 is 11.9. The molecule has 1 amide bonds. The van der Waals surface area contributed by atoms with E-state index in [1.165, 1.54) is 24.5 Å². The molecule has 3 rings (SSSR count). The van der Waals surface area contributed by atoms with Crippen molar-refractivity contribution in [2.24, 2.45) is 0 Å². The minimum Gasteiger partial charge on any atom is -0.495 e. The number of benzene rings is 2. The predicted octanol–water partition coefficient (Wildman–Crippen LogP) is 2.87. The Bertz CT molecular complexity index is 1160. The van der Waals surface area contributed by atoms with E-state index in [0.717, 1.165) is 24.2 Å². The number of hydrogen-bond acceptors (Lipinski definition) is 5. The number of carbonyl (C=O) groups is 1. The number of ether oxygens (including phenoxy) is 2. The summed E-state index contributed by atoms with van der Waals surface area (Å²) in [7, 11) is 1.54. The van der Waals surface area contributed by atoms with E-state index in [1.54, 1.807) is 24.3 Å². The van der Waals surface area contributed by atoms with E-state index in [0.29, 0.717) is 27.2 Å². The quantitative estimate of drug-likeness (QED) is 0.545. The fourth-order valence-corrected chi connectivity index (χ4v) is 3.59. The van der Waals surface area contributed by atoms with Crippen LogP contribution in [0.3, 0.4) is 0 Å². The first-order valence-electron chi connectivity index (χ1n) is 9.68. The molecule has 2 N–H and O–H groups in total. The number of carbonyl (C=O) groups excluding carboxylic acids is 1. The Balaban J connectivity index is 1.75. The third-order valence-corrected chi connectivity index (χ3v) is 5.21. The number of unbranched alkanes of at least 4 members (excludes halogenated alkanes) is 1. The lowest BCUT2D eigenvalue weighted by Gasteiger charge is -2.07. The van der Waals surface area contributed by atoms with Gasteiger partial charge in [0, 0.05) is 6.08 Å². The third-order valence-electron chi connectivity index (χ3n) is 4.25. The maximum atomic E-state index is 12.3. The lowest BCUT2D eigenvalue weighted by molar-refractivity contribution is -0.110. The molecule has 0 bridgehead atoms. The summed E-state index contributed by atoms with van der Waals surface area (Å²) in [5.74, 6) is 1.02. The number of aromatic nitrogens is 1. The molecular weight excluding hydrogens is 400 g/mol. The molecular formula is C23H24N2O4S. The predicted molar refractivity (Wildman–Crippen MR) is 121 cm³/mol. The van der Waals surface area contributed by atoms with Crippen LogP contribution >= 0.6 is 11.3 Å². The molecule has 3 aromatic rings. The van der Waals surface area contributed by atoms with Gasteiger partial charge < -0.3 is 19.8 Å². The van der Waals surface area contributed by atoms with Crippen LogP contribution in [-0.4, -0.2) is 24.6 Å². The summed E-state index contributed by atoms with van der Waals surface area (Å²) >= 11 is 1.22. The van der Waals surface area contributed by atoms with Gasteiger partial charge in [0.05, 0.1) is 23.9 Å². The first-order chi connectivity index (χ1) is 14.6. The minimum absolute atomic E-state index is 0.236. The number of para-hydroxylation sites is 2. The Labute approximate surface area is 178 Å². The van der Waals surface area contributed by atoms with Crippen LogP contribution in [0.25, 0.3) is 12.2 Å². The van der Waals surface area contributed by atoms with Crippen molar-refractivity contribution in [2.45, 2.75) is 19.8 Å². The highest BCUT2D eigenvalue weighted by molar-refractivity contribution is 7.07. The Hall–Kier alpha value is -3.32. The lowest BCUT2D eigenvalue weighted by Crippen LogP contribution is -2.20. The van der Waals surface area contributed by atoms with E-state index in [9.17, 15) is 9.59 Å². The smallest absolute Gasteiger partial charge is 0.266 e. The van der Waals surface area contributed by atoms with Gasteiger partial charge in [0.25, 0.3) is 11.5 Å². The van der Waals surface area contributed by atoms with Crippen molar-refractivity contribution >= 4 is 35.1 Å². The molecule has 0 aliphatic rings. The van der Waals surface area contributed by atoms with Crippen molar-refractivity contribution in [3.05, 3.63) is 73.6 Å². The van der Waals surface area contributed by atoms with E-state index in [4.69, 9.17) is 9.47 Å². The molecule has 1 heterocycles. The average Bonchev–Trinajstić information content (AvgIpc) is 3.08. The second kappa shape index (κ2) is 10.5. The zero-order chi connectivity index (χ0) is 21.3. The minimum atomic E-state index is -0.350. The molecule has 2 aromatic carbocycles. The molecule has 0 fully saturated rings. The van der Waals surface area contributed by atoms with Gasteiger partial charge in [-0.25, -0.2) is 0 Å². The summed E-state index contributed by atoms with van der Waals surface area (Å²) in [6.45, 7) is 2.81. The number of anilines is 1. The van der Waals surface area contributed by atoms with E-state index >= 15 is 0 Å². The number of H-pyrrole nitrogens is 1. The van der Waals surface area contributed by atoms with Crippen molar-refractivity contribution in [2.75, 3.05) is 19.0 Å². The summed E-state index contributed by atoms with van der Waals surface area (Å²) in [5, 5.41) is 2.76. The zero-order valence-electron chi connectivity index (χ0n) is 16.9. The van der Waals surface area contributed by atoms with Crippen molar-refractivity contribution in [1.82, 2.24) is 4.98 Å². The Kier molecular flexibility index (Phi) is 7.45. The number of hydrogen-bond donors (Lipinski definition) is 2. The van der Waals surface area contributed by atoms with Crippen molar-refractivity contribution < 1.29 is 14.3 Å². The van der Waals surface area contributed by atoms with E-state index in [-0.39, 0.29) is 11.5 Å². The molecule has 0 aliphatic heterocycles. The van der Waals surface area contributed by atoms with Gasteiger partial charge in [-0.15, -0.1) is 11.3 Å². The summed E-state index contributed by atoms with van der Waals surface area (Å²) in [6, 6.07) is 14.7. The van der Waals surface area contributed by atoms with E-state index in [2.05, 4.69) is 17.2 Å². The van der Waals surface area contributed by atoms with Crippen molar-refractivity contribution in [3.8, 4) is 11.5 Å².